The minimum atomic E-state index is -0.405. The molecule has 0 aromatic rings. The highest BCUT2D eigenvalue weighted by Crippen LogP contribution is 2.22. The summed E-state index contributed by atoms with van der Waals surface area (Å²) in [7, 11) is 0. The van der Waals surface area contributed by atoms with Crippen molar-refractivity contribution in [3.63, 3.8) is 0 Å². The van der Waals surface area contributed by atoms with E-state index in [2.05, 4.69) is 12.2 Å². The second-order valence-corrected chi connectivity index (χ2v) is 4.72. The van der Waals surface area contributed by atoms with E-state index in [0.717, 1.165) is 19.3 Å². The van der Waals surface area contributed by atoms with Gasteiger partial charge in [0.05, 0.1) is 5.92 Å². The molecule has 1 fully saturated rings. The topological polar surface area (TPSA) is 46.2 Å². The largest absolute Gasteiger partial charge is 0.310 e. The quantitative estimate of drug-likeness (QED) is 0.729. The van der Waals surface area contributed by atoms with Crippen LogP contribution in [-0.2, 0) is 9.59 Å². The maximum atomic E-state index is 11.9. The first kappa shape index (κ1) is 13.4. The van der Waals surface area contributed by atoms with Gasteiger partial charge in [-0.1, -0.05) is 20.3 Å². The van der Waals surface area contributed by atoms with Gasteiger partial charge < -0.3 is 5.32 Å². The van der Waals surface area contributed by atoms with E-state index in [4.69, 9.17) is 0 Å². The van der Waals surface area contributed by atoms with Crippen molar-refractivity contribution < 1.29 is 9.59 Å². The summed E-state index contributed by atoms with van der Waals surface area (Å²) in [5.74, 6) is -0.213. The van der Waals surface area contributed by atoms with Crippen molar-refractivity contribution in [2.75, 3.05) is 0 Å². The molecule has 3 nitrogen and oxygen atoms in total. The average molecular weight is 225 g/mol. The molecule has 1 saturated heterocycles. The van der Waals surface area contributed by atoms with Crippen molar-refractivity contribution in [3.05, 3.63) is 0 Å². The van der Waals surface area contributed by atoms with Crippen molar-refractivity contribution in [3.8, 4) is 0 Å². The summed E-state index contributed by atoms with van der Waals surface area (Å²) in [6.45, 7) is 5.80. The summed E-state index contributed by atoms with van der Waals surface area (Å²) in [4.78, 5) is 23.7. The van der Waals surface area contributed by atoms with Crippen LogP contribution in [-0.4, -0.2) is 23.7 Å². The number of rotatable bonds is 5. The molecule has 0 amide bonds. The van der Waals surface area contributed by atoms with E-state index in [-0.39, 0.29) is 17.6 Å². The molecule has 0 aromatic heterocycles. The lowest BCUT2D eigenvalue weighted by atomic mass is 9.83. The van der Waals surface area contributed by atoms with Gasteiger partial charge in [-0.2, -0.15) is 0 Å². The van der Waals surface area contributed by atoms with Crippen LogP contribution in [0.25, 0.3) is 0 Å². The molecular weight excluding hydrogens is 202 g/mol. The van der Waals surface area contributed by atoms with Gasteiger partial charge in [-0.25, -0.2) is 0 Å². The van der Waals surface area contributed by atoms with E-state index in [1.54, 1.807) is 0 Å². The fourth-order valence-corrected chi connectivity index (χ4v) is 2.51. The lowest BCUT2D eigenvalue weighted by Gasteiger charge is -2.33. The summed E-state index contributed by atoms with van der Waals surface area (Å²) in [5, 5.41) is 3.41. The van der Waals surface area contributed by atoms with Gasteiger partial charge in [0.2, 0.25) is 0 Å². The minimum Gasteiger partial charge on any atom is -0.310 e. The van der Waals surface area contributed by atoms with E-state index < -0.39 is 5.92 Å². The van der Waals surface area contributed by atoms with Crippen LogP contribution in [0.15, 0.2) is 0 Å². The number of piperidine rings is 1. The van der Waals surface area contributed by atoms with Crippen LogP contribution in [0.1, 0.15) is 52.9 Å². The lowest BCUT2D eigenvalue weighted by molar-refractivity contribution is -0.134. The molecule has 16 heavy (non-hydrogen) atoms. The Balaban J connectivity index is 2.75. The van der Waals surface area contributed by atoms with Crippen molar-refractivity contribution in [2.24, 2.45) is 5.92 Å². The molecule has 0 saturated carbocycles. The highest BCUT2D eigenvalue weighted by molar-refractivity contribution is 6.02. The summed E-state index contributed by atoms with van der Waals surface area (Å²) in [6.07, 6.45) is 4.13. The van der Waals surface area contributed by atoms with Crippen molar-refractivity contribution >= 4 is 11.6 Å². The zero-order chi connectivity index (χ0) is 12.1. The molecular formula is C13H23NO2. The summed E-state index contributed by atoms with van der Waals surface area (Å²) >= 11 is 0. The fourth-order valence-electron chi connectivity index (χ4n) is 2.51. The number of carbonyl (C=O) groups is 2. The molecule has 0 radical (unpaired) electrons. The van der Waals surface area contributed by atoms with Gasteiger partial charge in [0.25, 0.3) is 0 Å². The zero-order valence-electron chi connectivity index (χ0n) is 10.6. The number of hydrogen-bond acceptors (Lipinski definition) is 3. The number of Topliss-reactive ketones (excluding diaryl/α,β-unsaturated/α-hetero) is 2. The third-order valence-corrected chi connectivity index (χ3v) is 3.44. The molecule has 2 unspecified atom stereocenters. The Bertz CT molecular complexity index is 247. The normalized spacial score (nSPS) is 25.8. The van der Waals surface area contributed by atoms with Gasteiger partial charge in [-0.15, -0.1) is 0 Å². The standard InChI is InChI=1S/C13H23NO2/c1-4-11(15)13(12(16)5-2)10-8-6-7-9(3)14-10/h9-10,13-14H,4-8H2,1-3H3. The minimum absolute atomic E-state index is 0.0728. The lowest BCUT2D eigenvalue weighted by Crippen LogP contribution is -2.49. The van der Waals surface area contributed by atoms with Crippen molar-refractivity contribution in [2.45, 2.75) is 65.0 Å². The molecule has 0 aromatic carbocycles. The van der Waals surface area contributed by atoms with Crippen LogP contribution in [0.3, 0.4) is 0 Å². The van der Waals surface area contributed by atoms with Crippen LogP contribution in [0.5, 0.6) is 0 Å². The molecule has 2 atom stereocenters. The Morgan fingerprint density at radius 2 is 1.75 bits per heavy atom. The molecule has 0 bridgehead atoms. The Morgan fingerprint density at radius 1 is 1.19 bits per heavy atom. The molecule has 1 N–H and O–H groups in total. The Kier molecular flexibility index (Phi) is 5.13. The predicted octanol–water partition coefficient (Wildman–Crippen LogP) is 2.09. The van der Waals surface area contributed by atoms with Crippen molar-refractivity contribution in [1.29, 1.82) is 0 Å². The zero-order valence-corrected chi connectivity index (χ0v) is 10.6. The first-order valence-corrected chi connectivity index (χ1v) is 6.41. The van der Waals surface area contributed by atoms with Gasteiger partial charge in [0.15, 0.2) is 0 Å². The van der Waals surface area contributed by atoms with Crippen LogP contribution < -0.4 is 5.32 Å². The molecule has 1 rings (SSSR count). The summed E-state index contributed by atoms with van der Waals surface area (Å²) in [6, 6.07) is 0.499. The number of hydrogen-bond donors (Lipinski definition) is 1. The summed E-state index contributed by atoms with van der Waals surface area (Å²) < 4.78 is 0. The highest BCUT2D eigenvalue weighted by Gasteiger charge is 2.34. The van der Waals surface area contributed by atoms with E-state index in [0.29, 0.717) is 18.9 Å². The van der Waals surface area contributed by atoms with Gasteiger partial charge in [-0.3, -0.25) is 9.59 Å². The molecule has 92 valence electrons. The molecule has 1 aliphatic heterocycles. The molecule has 0 aliphatic carbocycles. The van der Waals surface area contributed by atoms with Crippen LogP contribution >= 0.6 is 0 Å². The molecule has 0 spiro atoms. The third-order valence-electron chi connectivity index (χ3n) is 3.44. The second kappa shape index (κ2) is 6.14. The Labute approximate surface area is 98.0 Å². The van der Waals surface area contributed by atoms with Gasteiger partial charge in [0, 0.05) is 24.9 Å². The Hall–Kier alpha value is -0.700. The maximum absolute atomic E-state index is 11.9. The smallest absolute Gasteiger partial charge is 0.144 e. The molecule has 1 heterocycles. The number of ketones is 2. The highest BCUT2D eigenvalue weighted by atomic mass is 16.1. The summed E-state index contributed by atoms with van der Waals surface area (Å²) in [5.41, 5.74) is 0. The van der Waals surface area contributed by atoms with Crippen molar-refractivity contribution in [1.82, 2.24) is 5.32 Å². The van der Waals surface area contributed by atoms with E-state index in [1.165, 1.54) is 0 Å². The van der Waals surface area contributed by atoms with Crippen LogP contribution in [0.2, 0.25) is 0 Å². The monoisotopic (exact) mass is 225 g/mol. The SMILES string of the molecule is CCC(=O)C(C(=O)CC)C1CCCC(C)N1. The number of nitrogens with one attached hydrogen (secondary N) is 1. The maximum Gasteiger partial charge on any atom is 0.144 e. The van der Waals surface area contributed by atoms with E-state index in [9.17, 15) is 9.59 Å². The Morgan fingerprint density at radius 3 is 2.19 bits per heavy atom. The van der Waals surface area contributed by atoms with Gasteiger partial charge in [-0.05, 0) is 19.8 Å². The second-order valence-electron chi connectivity index (χ2n) is 4.72. The fraction of sp³-hybridized carbons (Fsp3) is 0.846. The molecule has 3 heteroatoms. The van der Waals surface area contributed by atoms with Gasteiger partial charge >= 0.3 is 0 Å². The first-order valence-electron chi connectivity index (χ1n) is 6.41. The third kappa shape index (κ3) is 3.14. The first-order chi connectivity index (χ1) is 7.60. The van der Waals surface area contributed by atoms with E-state index >= 15 is 0 Å². The predicted molar refractivity (Wildman–Crippen MR) is 64.3 cm³/mol. The van der Waals surface area contributed by atoms with Crippen LogP contribution in [0.4, 0.5) is 0 Å². The number of carbonyl (C=O) groups excluding carboxylic acids is 2. The van der Waals surface area contributed by atoms with Gasteiger partial charge in [0.1, 0.15) is 11.6 Å². The van der Waals surface area contributed by atoms with Crippen LogP contribution in [0, 0.1) is 5.92 Å². The molecule has 1 aliphatic rings. The van der Waals surface area contributed by atoms with E-state index in [1.807, 2.05) is 13.8 Å². The average Bonchev–Trinajstić information content (AvgIpc) is 2.29.